The number of anilines is 2. The van der Waals surface area contributed by atoms with Crippen LogP contribution in [0.15, 0.2) is 18.2 Å². The second-order valence-electron chi connectivity index (χ2n) is 6.72. The minimum Gasteiger partial charge on any atom is -0.377 e. The highest BCUT2D eigenvalue weighted by atomic mass is 32.2. The molecule has 0 aliphatic rings. The molecule has 0 spiro atoms. The number of nitrogens with zero attached hydrogens (tertiary/aromatic N) is 2. The molecule has 7 nitrogen and oxygen atoms in total. The van der Waals surface area contributed by atoms with E-state index in [9.17, 15) is 16.8 Å². The molecule has 0 saturated heterocycles. The third-order valence-corrected chi connectivity index (χ3v) is 6.98. The van der Waals surface area contributed by atoms with Crippen LogP contribution in [0.25, 0.3) is 0 Å². The fourth-order valence-corrected chi connectivity index (χ4v) is 4.98. The lowest BCUT2D eigenvalue weighted by Gasteiger charge is -2.28. The first-order valence-electron chi connectivity index (χ1n) is 8.68. The molecular formula is C17H31N3O4S2. The first kappa shape index (κ1) is 22.7. The Morgan fingerprint density at radius 2 is 1.73 bits per heavy atom. The van der Waals surface area contributed by atoms with Crippen molar-refractivity contribution in [2.45, 2.75) is 46.2 Å². The van der Waals surface area contributed by atoms with Crippen LogP contribution < -0.4 is 9.62 Å². The molecule has 0 saturated carbocycles. The monoisotopic (exact) mass is 405 g/mol. The van der Waals surface area contributed by atoms with E-state index in [1.165, 1.54) is 10.6 Å². The Kier molecular flexibility index (Phi) is 7.91. The zero-order valence-electron chi connectivity index (χ0n) is 16.5. The summed E-state index contributed by atoms with van der Waals surface area (Å²) in [5.41, 5.74) is 2.04. The quantitative estimate of drug-likeness (QED) is 0.646. The molecule has 0 amide bonds. The highest BCUT2D eigenvalue weighted by Crippen LogP contribution is 2.27. The van der Waals surface area contributed by atoms with Crippen LogP contribution in [0.5, 0.6) is 0 Å². The van der Waals surface area contributed by atoms with Crippen LogP contribution in [-0.2, 0) is 26.6 Å². The van der Waals surface area contributed by atoms with Crippen LogP contribution in [0.1, 0.15) is 39.2 Å². The van der Waals surface area contributed by atoms with Crippen molar-refractivity contribution in [1.82, 2.24) is 4.31 Å². The number of hydrogen-bond acceptors (Lipinski definition) is 5. The molecule has 0 bridgehead atoms. The lowest BCUT2D eigenvalue weighted by atomic mass is 10.1. The van der Waals surface area contributed by atoms with E-state index in [4.69, 9.17) is 0 Å². The number of benzene rings is 1. The summed E-state index contributed by atoms with van der Waals surface area (Å²) in [7, 11) is -3.07. The van der Waals surface area contributed by atoms with E-state index >= 15 is 0 Å². The van der Waals surface area contributed by atoms with Crippen molar-refractivity contribution in [1.29, 1.82) is 0 Å². The van der Waals surface area contributed by atoms with Crippen molar-refractivity contribution in [3.8, 4) is 0 Å². The molecule has 0 aromatic heterocycles. The summed E-state index contributed by atoms with van der Waals surface area (Å²) in [6.45, 7) is 5.79. The van der Waals surface area contributed by atoms with Gasteiger partial charge in [-0.1, -0.05) is 13.8 Å². The molecule has 1 aromatic rings. The molecule has 9 heteroatoms. The summed E-state index contributed by atoms with van der Waals surface area (Å²) >= 11 is 0. The third-order valence-electron chi connectivity index (χ3n) is 4.14. The van der Waals surface area contributed by atoms with E-state index in [-0.39, 0.29) is 18.3 Å². The molecular weight excluding hydrogens is 374 g/mol. The van der Waals surface area contributed by atoms with Gasteiger partial charge in [0.15, 0.2) is 0 Å². The molecule has 0 radical (unpaired) electrons. The Morgan fingerprint density at radius 3 is 2.19 bits per heavy atom. The second-order valence-corrected chi connectivity index (χ2v) is 10.5. The Balaban J connectivity index is 3.31. The fourth-order valence-electron chi connectivity index (χ4n) is 2.68. The van der Waals surface area contributed by atoms with Crippen molar-refractivity contribution in [2.24, 2.45) is 0 Å². The molecule has 1 unspecified atom stereocenters. The number of hydrogen-bond donors (Lipinski definition) is 1. The zero-order valence-corrected chi connectivity index (χ0v) is 18.1. The highest BCUT2D eigenvalue weighted by molar-refractivity contribution is 7.92. The number of rotatable bonds is 10. The summed E-state index contributed by atoms with van der Waals surface area (Å²) in [6, 6.07) is 5.06. The first-order valence-corrected chi connectivity index (χ1v) is 12.2. The second kappa shape index (κ2) is 9.05. The topological polar surface area (TPSA) is 86.8 Å². The maximum atomic E-state index is 12.2. The minimum atomic E-state index is -3.41. The van der Waals surface area contributed by atoms with Gasteiger partial charge in [-0.05, 0) is 43.5 Å². The average molecular weight is 406 g/mol. The zero-order chi connectivity index (χ0) is 20.1. The molecule has 0 aliphatic heterocycles. The third kappa shape index (κ3) is 6.44. The van der Waals surface area contributed by atoms with Crippen LogP contribution in [-0.4, -0.2) is 53.3 Å². The van der Waals surface area contributed by atoms with Crippen LogP contribution >= 0.6 is 0 Å². The van der Waals surface area contributed by atoms with E-state index in [0.717, 1.165) is 11.3 Å². The van der Waals surface area contributed by atoms with E-state index in [1.54, 1.807) is 25.1 Å². The van der Waals surface area contributed by atoms with Gasteiger partial charge >= 0.3 is 0 Å². The summed E-state index contributed by atoms with van der Waals surface area (Å²) in [4.78, 5) is 1.89. The molecule has 1 N–H and O–H groups in total. The fraction of sp³-hybridized carbons (Fsp3) is 0.647. The molecule has 26 heavy (non-hydrogen) atoms. The van der Waals surface area contributed by atoms with Gasteiger partial charge in [0.2, 0.25) is 20.0 Å². The standard InChI is InChI=1S/C17H31N3O4S2/c1-7-11-26(23,24)18-16-9-10-17(19(4)5)15(12-16)13-20(14(3)8-2)25(6,21)22/h9-10,12,14,18H,7-8,11,13H2,1-6H3. The van der Waals surface area contributed by atoms with Crippen molar-refractivity contribution < 1.29 is 16.8 Å². The van der Waals surface area contributed by atoms with Crippen LogP contribution in [0.2, 0.25) is 0 Å². The van der Waals surface area contributed by atoms with Gasteiger partial charge in [-0.2, -0.15) is 4.31 Å². The first-order chi connectivity index (χ1) is 11.9. The van der Waals surface area contributed by atoms with Gasteiger partial charge in [0.1, 0.15) is 0 Å². The maximum Gasteiger partial charge on any atom is 0.232 e. The van der Waals surface area contributed by atoms with Gasteiger partial charge < -0.3 is 4.90 Å². The summed E-state index contributed by atoms with van der Waals surface area (Å²) in [5.74, 6) is 0.0418. The molecule has 1 atom stereocenters. The Labute approximate surface area is 158 Å². The summed E-state index contributed by atoms with van der Waals surface area (Å²) in [6.07, 6.45) is 2.41. The summed E-state index contributed by atoms with van der Waals surface area (Å²) in [5, 5.41) is 0. The van der Waals surface area contributed by atoms with Crippen molar-refractivity contribution in [2.75, 3.05) is 35.7 Å². The minimum absolute atomic E-state index is 0.0418. The van der Waals surface area contributed by atoms with Crippen LogP contribution in [0.3, 0.4) is 0 Å². The van der Waals surface area contributed by atoms with E-state index in [1.807, 2.05) is 32.8 Å². The number of sulfonamides is 2. The molecule has 150 valence electrons. The van der Waals surface area contributed by atoms with Crippen molar-refractivity contribution >= 4 is 31.4 Å². The maximum absolute atomic E-state index is 12.2. The van der Waals surface area contributed by atoms with Gasteiger partial charge in [-0.25, -0.2) is 16.8 Å². The Bertz CT molecular complexity index is 805. The Hall–Kier alpha value is -1.32. The average Bonchev–Trinajstić information content (AvgIpc) is 2.50. The lowest BCUT2D eigenvalue weighted by molar-refractivity contribution is 0.325. The van der Waals surface area contributed by atoms with E-state index in [2.05, 4.69) is 4.72 Å². The van der Waals surface area contributed by atoms with Gasteiger partial charge in [0, 0.05) is 38.1 Å². The van der Waals surface area contributed by atoms with Crippen molar-refractivity contribution in [3.63, 3.8) is 0 Å². The predicted octanol–water partition coefficient (Wildman–Crippen LogP) is 2.46. The molecule has 0 fully saturated rings. The molecule has 0 aliphatic carbocycles. The Morgan fingerprint density at radius 1 is 1.12 bits per heavy atom. The van der Waals surface area contributed by atoms with Gasteiger partial charge in [-0.3, -0.25) is 4.72 Å². The molecule has 1 rings (SSSR count). The van der Waals surface area contributed by atoms with Gasteiger partial charge in [0.25, 0.3) is 0 Å². The van der Waals surface area contributed by atoms with Gasteiger partial charge in [0.05, 0.1) is 12.0 Å². The molecule has 0 heterocycles. The smallest absolute Gasteiger partial charge is 0.232 e. The SMILES string of the molecule is CCCS(=O)(=O)Nc1ccc(N(C)C)c(CN(C(C)CC)S(C)(=O)=O)c1. The van der Waals surface area contributed by atoms with Crippen LogP contribution in [0.4, 0.5) is 11.4 Å². The predicted molar refractivity (Wildman–Crippen MR) is 109 cm³/mol. The number of nitrogens with one attached hydrogen (secondary N) is 1. The largest absolute Gasteiger partial charge is 0.377 e. The highest BCUT2D eigenvalue weighted by Gasteiger charge is 2.24. The lowest BCUT2D eigenvalue weighted by Crippen LogP contribution is -2.37. The summed E-state index contributed by atoms with van der Waals surface area (Å²) < 4.78 is 52.5. The van der Waals surface area contributed by atoms with Crippen LogP contribution in [0, 0.1) is 0 Å². The van der Waals surface area contributed by atoms with Gasteiger partial charge in [-0.15, -0.1) is 0 Å². The normalized spacial score (nSPS) is 13.7. The van der Waals surface area contributed by atoms with E-state index in [0.29, 0.717) is 18.5 Å². The van der Waals surface area contributed by atoms with E-state index < -0.39 is 20.0 Å². The molecule has 1 aromatic carbocycles. The van der Waals surface area contributed by atoms with Crippen molar-refractivity contribution in [3.05, 3.63) is 23.8 Å².